The molecule has 52 heavy (non-hydrogen) atoms. The molecule has 10 nitrogen and oxygen atoms in total. The van der Waals surface area contributed by atoms with Crippen LogP contribution >= 0.6 is 0 Å². The number of likely N-dealkylation sites (tertiary alicyclic amines) is 1. The number of carbonyl (C=O) groups excluding carboxylic acids is 6. The van der Waals surface area contributed by atoms with E-state index in [1.54, 1.807) is 4.90 Å². The summed E-state index contributed by atoms with van der Waals surface area (Å²) in [6.07, 6.45) is 6.98. The van der Waals surface area contributed by atoms with E-state index < -0.39 is 46.3 Å². The maximum absolute atomic E-state index is 15.0. The fourth-order valence-corrected chi connectivity index (χ4v) is 11.0. The summed E-state index contributed by atoms with van der Waals surface area (Å²) in [5, 5.41) is 0. The number of fused-ring (bicyclic) bond motifs is 1. The number of carbonyl (C=O) groups is 6. The zero-order valence-corrected chi connectivity index (χ0v) is 33.8. The van der Waals surface area contributed by atoms with Crippen LogP contribution in [0.15, 0.2) is 0 Å². The van der Waals surface area contributed by atoms with Crippen molar-refractivity contribution in [1.82, 2.24) is 9.80 Å². The van der Waals surface area contributed by atoms with Gasteiger partial charge in [-0.3, -0.25) is 28.8 Å². The van der Waals surface area contributed by atoms with Crippen molar-refractivity contribution in [1.29, 1.82) is 0 Å². The zero-order chi connectivity index (χ0) is 38.8. The largest absolute Gasteiger partial charge is 0.372 e. The number of hydrogen-bond donors (Lipinski definition) is 1. The Morgan fingerprint density at radius 3 is 1.75 bits per heavy atom. The number of nitrogens with zero attached hydrogens (tertiary/aromatic N) is 2. The highest BCUT2D eigenvalue weighted by molar-refractivity contribution is 6.36. The molecule has 2 aliphatic heterocycles. The fraction of sp³-hybridized carbons (Fsp3) is 0.857. The van der Waals surface area contributed by atoms with Crippen molar-refractivity contribution in [2.24, 2.45) is 56.5 Å². The van der Waals surface area contributed by atoms with Crippen LogP contribution in [0.5, 0.6) is 0 Å². The second-order valence-electron chi connectivity index (χ2n) is 20.2. The molecule has 5 aliphatic rings. The molecule has 0 aromatic carbocycles. The second-order valence-corrected chi connectivity index (χ2v) is 20.2. The molecule has 5 fully saturated rings. The molecule has 0 radical (unpaired) electrons. The Bertz CT molecular complexity index is 1440. The average Bonchev–Trinajstić information content (AvgIpc) is 3.19. The SMILES string of the molecule is C[C@H]1CN(C(=O)[C@@H](CC(=O)C[C@H](C(=O)N2C[C@]3(C[C@H]2C(=O)CC(CC2CCC2)C(=O)C(N)=O)C(C)(C)C32CCC2)C(C)(C)C)C(C)(C)C)C[C@H](C)O1. The third-order valence-electron chi connectivity index (χ3n) is 14.7. The molecular weight excluding hydrogens is 658 g/mol. The summed E-state index contributed by atoms with van der Waals surface area (Å²) in [6, 6.07) is -0.731. The summed E-state index contributed by atoms with van der Waals surface area (Å²) in [6.45, 7) is 21.7. The molecular formula is C42H67N3O7. The first-order valence-electron chi connectivity index (χ1n) is 20.1. The lowest BCUT2D eigenvalue weighted by atomic mass is 9.73. The topological polar surface area (TPSA) is 144 Å². The maximum atomic E-state index is 15.0. The average molecular weight is 726 g/mol. The molecule has 1 unspecified atom stereocenters. The highest BCUT2D eigenvalue weighted by Gasteiger charge is 2.85. The standard InChI is InChI=1S/C42H67N3O7/c1-25-22-44(23-26(2)52-25)36(50)30(38(3,4)5)19-29(46)20-31(39(6,7)8)37(51)45-24-42(40(9,10)41(42)15-12-16-41)21-32(45)33(47)18-28(34(48)35(43)49)17-27-13-11-14-27/h25-28,30-32H,11-24H2,1-10H3,(H2,43,49)/t25-,26-,28?,30+,31+,32-,42+/m0/s1. The summed E-state index contributed by atoms with van der Waals surface area (Å²) >= 11 is 0. The van der Waals surface area contributed by atoms with Crippen molar-refractivity contribution >= 4 is 35.1 Å². The van der Waals surface area contributed by atoms with Crippen LogP contribution in [0, 0.1) is 50.7 Å². The molecule has 3 saturated carbocycles. The van der Waals surface area contributed by atoms with E-state index in [9.17, 15) is 28.8 Å². The molecule has 5 rings (SSSR count). The van der Waals surface area contributed by atoms with Crippen molar-refractivity contribution in [2.75, 3.05) is 19.6 Å². The fourth-order valence-electron chi connectivity index (χ4n) is 11.0. The van der Waals surface area contributed by atoms with Gasteiger partial charge in [-0.15, -0.1) is 0 Å². The minimum atomic E-state index is -1.01. The predicted molar refractivity (Wildman–Crippen MR) is 199 cm³/mol. The molecule has 0 aromatic rings. The number of ether oxygens (including phenoxy) is 1. The Hall–Kier alpha value is -2.62. The van der Waals surface area contributed by atoms with Gasteiger partial charge in [-0.1, -0.05) is 81.1 Å². The van der Waals surface area contributed by atoms with E-state index in [2.05, 4.69) is 13.8 Å². The van der Waals surface area contributed by atoms with Gasteiger partial charge in [0, 0.05) is 62.1 Å². The Balaban J connectivity index is 1.39. The molecule has 2 saturated heterocycles. The van der Waals surface area contributed by atoms with Crippen molar-refractivity contribution in [3.63, 3.8) is 0 Å². The summed E-state index contributed by atoms with van der Waals surface area (Å²) < 4.78 is 5.86. The van der Waals surface area contributed by atoms with Crippen LogP contribution in [0.3, 0.4) is 0 Å². The highest BCUT2D eigenvalue weighted by Crippen LogP contribution is 2.88. The van der Waals surface area contributed by atoms with Gasteiger partial charge in [-0.2, -0.15) is 0 Å². The predicted octanol–water partition coefficient (Wildman–Crippen LogP) is 5.91. The number of morpholine rings is 1. The van der Waals surface area contributed by atoms with Gasteiger partial charge in [0.05, 0.1) is 18.2 Å². The smallest absolute Gasteiger partial charge is 0.285 e. The lowest BCUT2D eigenvalue weighted by Crippen LogP contribution is -2.52. The number of nitrogens with two attached hydrogens (primary N) is 1. The Morgan fingerprint density at radius 1 is 0.788 bits per heavy atom. The van der Waals surface area contributed by atoms with Gasteiger partial charge in [0.1, 0.15) is 5.78 Å². The van der Waals surface area contributed by atoms with Gasteiger partial charge in [0.2, 0.25) is 17.6 Å². The van der Waals surface area contributed by atoms with Gasteiger partial charge in [-0.25, -0.2) is 0 Å². The number of rotatable bonds is 13. The number of Topliss-reactive ketones (excluding diaryl/α,β-unsaturated/α-hetero) is 3. The molecule has 0 bridgehead atoms. The van der Waals surface area contributed by atoms with Gasteiger partial charge in [0.25, 0.3) is 5.91 Å². The Kier molecular flexibility index (Phi) is 11.1. The van der Waals surface area contributed by atoms with Crippen LogP contribution in [0.4, 0.5) is 0 Å². The molecule has 2 spiro atoms. The van der Waals surface area contributed by atoms with Gasteiger partial charge < -0.3 is 20.3 Å². The minimum absolute atomic E-state index is 0.0263. The normalized spacial score (nSPS) is 29.9. The number of ketones is 3. The monoisotopic (exact) mass is 725 g/mol. The van der Waals surface area contributed by atoms with E-state index >= 15 is 0 Å². The van der Waals surface area contributed by atoms with Crippen LogP contribution in [0.1, 0.15) is 140 Å². The van der Waals surface area contributed by atoms with Crippen molar-refractivity contribution in [2.45, 2.75) is 158 Å². The van der Waals surface area contributed by atoms with Crippen molar-refractivity contribution in [3.05, 3.63) is 0 Å². The van der Waals surface area contributed by atoms with Gasteiger partial charge in [0.15, 0.2) is 5.78 Å². The molecule has 7 atom stereocenters. The van der Waals surface area contributed by atoms with Crippen molar-refractivity contribution in [3.8, 4) is 0 Å². The number of primary amides is 1. The molecule has 3 amide bonds. The first-order chi connectivity index (χ1) is 24.0. The first-order valence-corrected chi connectivity index (χ1v) is 20.1. The van der Waals surface area contributed by atoms with Crippen LogP contribution in [-0.2, 0) is 33.5 Å². The van der Waals surface area contributed by atoms with Gasteiger partial charge >= 0.3 is 0 Å². The first kappa shape index (κ1) is 40.6. The molecule has 2 heterocycles. The highest BCUT2D eigenvalue weighted by atomic mass is 16.5. The Labute approximate surface area is 312 Å². The van der Waals surface area contributed by atoms with Gasteiger partial charge in [-0.05, 0) is 67.1 Å². The molecule has 10 heteroatoms. The third-order valence-corrected chi connectivity index (χ3v) is 14.7. The number of hydrogen-bond acceptors (Lipinski definition) is 7. The summed E-state index contributed by atoms with van der Waals surface area (Å²) in [5.74, 6) is -4.05. The maximum Gasteiger partial charge on any atom is 0.285 e. The van der Waals surface area contributed by atoms with E-state index in [0.29, 0.717) is 38.4 Å². The quantitative estimate of drug-likeness (QED) is 0.233. The van der Waals surface area contributed by atoms with E-state index in [-0.39, 0.29) is 71.1 Å². The molecule has 292 valence electrons. The number of amides is 3. The zero-order valence-electron chi connectivity index (χ0n) is 33.8. The van der Waals surface area contributed by atoms with Crippen LogP contribution in [-0.4, -0.2) is 82.8 Å². The van der Waals surface area contributed by atoms with E-state index in [1.165, 1.54) is 0 Å². The summed E-state index contributed by atoms with van der Waals surface area (Å²) in [5.41, 5.74) is 4.19. The van der Waals surface area contributed by atoms with E-state index in [4.69, 9.17) is 10.5 Å². The van der Waals surface area contributed by atoms with E-state index in [1.807, 2.05) is 60.3 Å². The van der Waals surface area contributed by atoms with E-state index in [0.717, 1.165) is 38.5 Å². The lowest BCUT2D eigenvalue weighted by molar-refractivity contribution is -0.153. The van der Waals surface area contributed by atoms with Crippen molar-refractivity contribution < 1.29 is 33.5 Å². The third kappa shape index (κ3) is 7.27. The molecule has 3 aliphatic carbocycles. The summed E-state index contributed by atoms with van der Waals surface area (Å²) in [4.78, 5) is 86.2. The molecule has 2 N–H and O–H groups in total. The van der Waals surface area contributed by atoms with Crippen LogP contribution in [0.25, 0.3) is 0 Å². The second kappa shape index (κ2) is 14.2. The summed E-state index contributed by atoms with van der Waals surface area (Å²) in [7, 11) is 0. The lowest BCUT2D eigenvalue weighted by Gasteiger charge is -2.40. The van der Waals surface area contributed by atoms with Crippen LogP contribution < -0.4 is 5.73 Å². The van der Waals surface area contributed by atoms with Crippen LogP contribution in [0.2, 0.25) is 0 Å². The molecule has 0 aromatic heterocycles. The minimum Gasteiger partial charge on any atom is -0.372 e. The Morgan fingerprint density at radius 2 is 1.33 bits per heavy atom.